The minimum absolute atomic E-state index is 0.0681. The molecule has 1 aliphatic heterocycles. The number of aliphatic hydroxyl groups is 1. The molecule has 0 saturated carbocycles. The normalized spacial score (nSPS) is 23.1. The zero-order valence-electron chi connectivity index (χ0n) is 50.8. The number of nitrogen functional groups attached to an aromatic ring is 1. The van der Waals surface area contributed by atoms with Crippen molar-refractivity contribution < 1.29 is 117 Å². The van der Waals surface area contributed by atoms with Crippen LogP contribution in [0.5, 0.6) is 0 Å². The number of carboxylic acid groups (broad SMARTS) is 4. The van der Waals surface area contributed by atoms with Crippen molar-refractivity contribution in [2.75, 3.05) is 25.4 Å². The number of rotatable bonds is 23. The van der Waals surface area contributed by atoms with Crippen molar-refractivity contribution in [3.63, 3.8) is 0 Å². The second kappa shape index (κ2) is 38.3. The number of amides is 12. The zero-order valence-corrected chi connectivity index (χ0v) is 51.6. The van der Waals surface area contributed by atoms with Crippen molar-refractivity contribution in [1.29, 1.82) is 0 Å². The van der Waals surface area contributed by atoms with Gasteiger partial charge in [0.2, 0.25) is 70.9 Å². The molecule has 12 amide bonds. The molecule has 1 aromatic rings. The van der Waals surface area contributed by atoms with E-state index in [1.54, 1.807) is 6.92 Å². The highest BCUT2D eigenvalue weighted by Gasteiger charge is 2.40. The molecule has 512 valence electrons. The van der Waals surface area contributed by atoms with Gasteiger partial charge in [-0.05, 0) is 45.2 Å². The number of nitrogens with one attached hydrogen (secondary N) is 12. The fraction of sp³-hybridized carbons (Fsp3) is 0.537. The van der Waals surface area contributed by atoms with E-state index in [0.29, 0.717) is 6.42 Å². The number of carbonyl (C=O) groups is 18. The first-order chi connectivity index (χ1) is 43.5. The molecule has 93 heavy (non-hydrogen) atoms. The first-order valence-electron chi connectivity index (χ1n) is 28.4. The fourth-order valence-electron chi connectivity index (χ4n) is 8.56. The number of aliphatic hydroxyl groups excluding tert-OH is 1. The maximum atomic E-state index is 14.5. The summed E-state index contributed by atoms with van der Waals surface area (Å²) in [5.74, 6) is -26.8. The van der Waals surface area contributed by atoms with Gasteiger partial charge in [-0.1, -0.05) is 51.0 Å². The first kappa shape index (κ1) is 78.6. The summed E-state index contributed by atoms with van der Waals surface area (Å²) in [6, 6.07) is -14.7. The zero-order chi connectivity index (χ0) is 70.6. The Morgan fingerprint density at radius 1 is 0.613 bits per heavy atom. The predicted octanol–water partition coefficient (Wildman–Crippen LogP) is -7.70. The number of esters is 1. The van der Waals surface area contributed by atoms with Crippen LogP contribution >= 0.6 is 12.2 Å². The molecule has 1 aliphatic rings. The van der Waals surface area contributed by atoms with Crippen molar-refractivity contribution in [2.45, 2.75) is 159 Å². The molecule has 2 rings (SSSR count). The highest BCUT2D eigenvalue weighted by molar-refractivity contribution is 7.80. The van der Waals surface area contributed by atoms with Gasteiger partial charge < -0.3 is 106 Å². The molecule has 1 fully saturated rings. The van der Waals surface area contributed by atoms with Crippen LogP contribution in [0.2, 0.25) is 0 Å². The van der Waals surface area contributed by atoms with Crippen LogP contribution in [0.15, 0.2) is 24.3 Å². The Labute approximate surface area is 534 Å². The topological polar surface area (TPSA) is 614 Å². The number of carbonyl (C=O) groups excluding carboxylic acids is 14. The van der Waals surface area contributed by atoms with E-state index in [-0.39, 0.29) is 29.1 Å². The summed E-state index contributed by atoms with van der Waals surface area (Å²) in [7, 11) is 0. The van der Waals surface area contributed by atoms with Crippen LogP contribution < -0.4 is 75.3 Å². The third-order valence-corrected chi connectivity index (χ3v) is 13.4. The Bertz CT molecular complexity index is 3020. The molecule has 1 saturated heterocycles. The number of unbranched alkanes of at least 4 members (excludes halogenated alkanes) is 1. The van der Waals surface area contributed by atoms with Crippen molar-refractivity contribution in [3.8, 4) is 0 Å². The Balaban J connectivity index is 2.96. The number of ether oxygens (including phenoxy) is 1. The lowest BCUT2D eigenvalue weighted by Gasteiger charge is -2.30. The molecule has 21 N–H and O–H groups in total. The molecule has 0 aliphatic carbocycles. The second-order valence-electron chi connectivity index (χ2n) is 21.1. The number of anilines is 1. The van der Waals surface area contributed by atoms with Gasteiger partial charge in [0.25, 0.3) is 0 Å². The summed E-state index contributed by atoms with van der Waals surface area (Å²) in [5, 5.41) is 74.7. The Morgan fingerprint density at radius 3 is 1.67 bits per heavy atom. The van der Waals surface area contributed by atoms with Gasteiger partial charge in [-0.2, -0.15) is 0 Å². The van der Waals surface area contributed by atoms with Gasteiger partial charge in [-0.25, -0.2) is 4.79 Å². The van der Waals surface area contributed by atoms with Crippen LogP contribution in [0.25, 0.3) is 0 Å². The summed E-state index contributed by atoms with van der Waals surface area (Å²) < 4.78 is 5.59. The van der Waals surface area contributed by atoms with Gasteiger partial charge >= 0.3 is 29.8 Å². The van der Waals surface area contributed by atoms with Gasteiger partial charge in [0.1, 0.15) is 66.5 Å². The smallest absolute Gasteiger partial charge is 0.329 e. The van der Waals surface area contributed by atoms with Crippen LogP contribution in [0.1, 0.15) is 103 Å². The van der Waals surface area contributed by atoms with Crippen LogP contribution in [0.3, 0.4) is 0 Å². The molecule has 1 aromatic carbocycles. The molecule has 12 atom stereocenters. The lowest BCUT2D eigenvalue weighted by Crippen LogP contribution is -2.61. The summed E-state index contributed by atoms with van der Waals surface area (Å²) in [5.41, 5.74) is 10.9. The number of benzene rings is 1. The SMILES string of the molecule is CCCCC1NC(=O)CNC(=O)C(NC(=O)C(CC(=O)O)NC(=O)C(CC(N)=O)NC(C)=S)C(C)OC(=O)C(CC(=O)c2ccccc2N)NC(=O)C(C(C)CC(=O)O)NC(=O)C(CO)NC(=O)CNC(=O)C(CC(=O)O)NC(=O)C(C)NC(=O)C(CC(=O)O)NC1=O. The van der Waals surface area contributed by atoms with Crippen LogP contribution in [0.4, 0.5) is 5.69 Å². The number of primary amides is 1. The van der Waals surface area contributed by atoms with E-state index in [4.69, 9.17) is 28.4 Å². The predicted molar refractivity (Wildman–Crippen MR) is 318 cm³/mol. The molecular weight excluding hydrogens is 1260 g/mol. The maximum Gasteiger partial charge on any atom is 0.329 e. The summed E-state index contributed by atoms with van der Waals surface area (Å²) in [6.45, 7) is 2.39. The average Bonchev–Trinajstić information content (AvgIpc) is 0.929. The van der Waals surface area contributed by atoms with Crippen molar-refractivity contribution >= 4 is 129 Å². The number of Topliss-reactive ketones (excluding diaryl/α,β-unsaturated/α-hetero) is 1. The van der Waals surface area contributed by atoms with Crippen LogP contribution in [-0.2, 0) is 86.2 Å². The number of carboxylic acids is 4. The van der Waals surface area contributed by atoms with Crippen molar-refractivity contribution in [1.82, 2.24) is 63.8 Å². The maximum absolute atomic E-state index is 14.5. The van der Waals surface area contributed by atoms with Gasteiger partial charge in [-0.15, -0.1) is 0 Å². The van der Waals surface area contributed by atoms with Gasteiger partial charge in [-0.3, -0.25) is 81.5 Å². The Kier molecular flexibility index (Phi) is 32.4. The molecule has 0 spiro atoms. The van der Waals surface area contributed by atoms with Crippen LogP contribution in [0, 0.1) is 5.92 Å². The van der Waals surface area contributed by atoms with E-state index < -0.39 is 237 Å². The molecule has 0 aromatic heterocycles. The summed E-state index contributed by atoms with van der Waals surface area (Å²) >= 11 is 4.96. The van der Waals surface area contributed by atoms with E-state index >= 15 is 0 Å². The second-order valence-corrected chi connectivity index (χ2v) is 21.7. The molecule has 0 bridgehead atoms. The number of hydrogen-bond acceptors (Lipinski definition) is 22. The number of nitrogens with two attached hydrogens (primary N) is 2. The highest BCUT2D eigenvalue weighted by Crippen LogP contribution is 2.18. The van der Waals surface area contributed by atoms with Gasteiger partial charge in [0.05, 0.1) is 56.8 Å². The van der Waals surface area contributed by atoms with E-state index in [1.807, 2.05) is 16.0 Å². The van der Waals surface area contributed by atoms with E-state index in [1.165, 1.54) is 31.2 Å². The van der Waals surface area contributed by atoms with E-state index in [2.05, 4.69) is 47.9 Å². The first-order valence-corrected chi connectivity index (χ1v) is 28.8. The fourth-order valence-corrected chi connectivity index (χ4v) is 8.70. The quantitative estimate of drug-likeness (QED) is 0.0209. The lowest BCUT2D eigenvalue weighted by molar-refractivity contribution is -0.156. The number of thiocarbonyl (C=S) groups is 1. The number of para-hydroxylation sites is 1. The number of aliphatic carboxylic acids is 4. The third kappa shape index (κ3) is 27.7. The Hall–Kier alpha value is -10.5. The lowest BCUT2D eigenvalue weighted by atomic mass is 9.96. The number of ketones is 1. The highest BCUT2D eigenvalue weighted by atomic mass is 32.1. The molecule has 38 nitrogen and oxygen atoms in total. The molecular formula is C54H76N14O24S. The largest absolute Gasteiger partial charge is 0.481 e. The minimum Gasteiger partial charge on any atom is -0.481 e. The number of hydrogen-bond donors (Lipinski definition) is 19. The van der Waals surface area contributed by atoms with Gasteiger partial charge in [0.15, 0.2) is 5.78 Å². The summed E-state index contributed by atoms with van der Waals surface area (Å²) in [4.78, 5) is 239. The van der Waals surface area contributed by atoms with Gasteiger partial charge in [0, 0.05) is 17.7 Å². The van der Waals surface area contributed by atoms with E-state index in [0.717, 1.165) is 20.8 Å². The monoisotopic (exact) mass is 1340 g/mol. The molecule has 1 heterocycles. The third-order valence-electron chi connectivity index (χ3n) is 13.3. The molecule has 39 heteroatoms. The molecule has 0 radical (unpaired) electrons. The Morgan fingerprint density at radius 2 is 1.13 bits per heavy atom. The number of cyclic esters (lactones) is 1. The minimum atomic E-state index is -2.32. The molecule has 12 unspecified atom stereocenters. The van der Waals surface area contributed by atoms with E-state index in [9.17, 15) is 112 Å². The van der Waals surface area contributed by atoms with Crippen LogP contribution in [-0.4, -0.2) is 223 Å². The average molecular weight is 1340 g/mol. The standard InChI is InChI=1S/C54H76N14O24S/c1-6-7-12-28-47(84)64-31(17-41(78)79)48(85)59-23(3)45(82)63-30(16-40(76)77)46(83)57-19-38(73)62-34(21-69)51(88)67-43(22(2)13-39(74)75)53(90)66-33(14-35(70)26-10-8-9-11-27(26)55)54(91)92-24(4)44(52(89)58-20-37(72)61-28)68-50(87)32(18-42(80)81)65-49(86)29(15-36(56)71)60-25(5)93/h8-11,22-24,28-34,43-44,69H,6-7,12-21,55H2,1-5H3,(H2,56,71)(H,57,83)(H,58,89)(H,59,85)(H,60,93)(H,61,72)(H,62,73)(H,63,82)(H,64,84)(H,65,86)(H,66,90)(H,67,88)(H,68,87)(H,74,75)(H,76,77)(H,78,79)(H,80,81). The van der Waals surface area contributed by atoms with Crippen molar-refractivity contribution in [3.05, 3.63) is 29.8 Å². The van der Waals surface area contributed by atoms with Crippen molar-refractivity contribution in [2.24, 2.45) is 11.7 Å². The summed E-state index contributed by atoms with van der Waals surface area (Å²) in [6.07, 6.45) is -8.20.